The summed E-state index contributed by atoms with van der Waals surface area (Å²) in [5, 5.41) is 14.7. The van der Waals surface area contributed by atoms with Gasteiger partial charge in [-0.15, -0.1) is 5.10 Å². The molecule has 0 radical (unpaired) electrons. The van der Waals surface area contributed by atoms with E-state index in [1.807, 2.05) is 0 Å². The molecule has 3 rings (SSSR count). The Morgan fingerprint density at radius 3 is 2.17 bits per heavy atom. The molecule has 1 heterocycles. The third-order valence-corrected chi connectivity index (χ3v) is 3.40. The highest BCUT2D eigenvalue weighted by Gasteiger charge is 2.31. The van der Waals surface area contributed by atoms with Gasteiger partial charge in [-0.2, -0.15) is 13.2 Å². The van der Waals surface area contributed by atoms with Crippen molar-refractivity contribution in [3.8, 4) is 5.75 Å². The summed E-state index contributed by atoms with van der Waals surface area (Å²) < 4.78 is 37.9. The fraction of sp³-hybridized carbons (Fsp3) is 0.133. The van der Waals surface area contributed by atoms with E-state index in [1.54, 1.807) is 17.0 Å². The van der Waals surface area contributed by atoms with Crippen molar-refractivity contribution in [2.75, 3.05) is 11.6 Å². The molecule has 8 heteroatoms. The average molecular weight is 322 g/mol. The molecule has 0 aromatic heterocycles. The van der Waals surface area contributed by atoms with Gasteiger partial charge >= 0.3 is 6.18 Å². The standard InChI is InChI=1S/C15H13F3N4O/c16-15(17,18)11-3-1-10(2-4-11)14-20-22(19)9-21(14)12-5-7-13(23)8-6-12/h1-8,23H,9,19H2. The second-order valence-electron chi connectivity index (χ2n) is 5.02. The number of phenolic OH excluding ortho intramolecular Hbond substituents is 1. The van der Waals surface area contributed by atoms with Crippen molar-refractivity contribution >= 4 is 11.5 Å². The van der Waals surface area contributed by atoms with Crippen molar-refractivity contribution in [2.45, 2.75) is 6.18 Å². The van der Waals surface area contributed by atoms with Crippen LogP contribution < -0.4 is 10.7 Å². The summed E-state index contributed by atoms with van der Waals surface area (Å²) in [6, 6.07) is 11.1. The van der Waals surface area contributed by atoms with E-state index in [0.29, 0.717) is 11.4 Å². The predicted molar refractivity (Wildman–Crippen MR) is 79.5 cm³/mol. The summed E-state index contributed by atoms with van der Waals surface area (Å²) in [6.45, 7) is 0.251. The van der Waals surface area contributed by atoms with E-state index in [9.17, 15) is 18.3 Å². The van der Waals surface area contributed by atoms with Crippen LogP contribution in [0.4, 0.5) is 18.9 Å². The normalized spacial score (nSPS) is 15.0. The van der Waals surface area contributed by atoms with Crippen LogP contribution in [0.2, 0.25) is 0 Å². The van der Waals surface area contributed by atoms with Gasteiger partial charge in [0.15, 0.2) is 5.84 Å². The van der Waals surface area contributed by atoms with Crippen molar-refractivity contribution in [3.63, 3.8) is 0 Å². The molecule has 0 bridgehead atoms. The van der Waals surface area contributed by atoms with E-state index in [0.717, 1.165) is 17.8 Å². The Morgan fingerprint density at radius 2 is 1.61 bits per heavy atom. The van der Waals surface area contributed by atoms with Gasteiger partial charge in [-0.05, 0) is 36.4 Å². The molecule has 120 valence electrons. The van der Waals surface area contributed by atoms with Crippen LogP contribution >= 0.6 is 0 Å². The fourth-order valence-electron chi connectivity index (χ4n) is 2.28. The number of rotatable bonds is 2. The molecule has 0 fully saturated rings. The lowest BCUT2D eigenvalue weighted by molar-refractivity contribution is -0.137. The van der Waals surface area contributed by atoms with E-state index in [-0.39, 0.29) is 12.4 Å². The molecule has 0 unspecified atom stereocenters. The minimum Gasteiger partial charge on any atom is -0.508 e. The van der Waals surface area contributed by atoms with Crippen molar-refractivity contribution < 1.29 is 18.3 Å². The number of hydrazine groups is 1. The average Bonchev–Trinajstić information content (AvgIpc) is 2.89. The molecule has 0 saturated carbocycles. The number of amidine groups is 1. The van der Waals surface area contributed by atoms with E-state index in [2.05, 4.69) is 5.10 Å². The molecule has 0 atom stereocenters. The van der Waals surface area contributed by atoms with Gasteiger partial charge in [-0.25, -0.2) is 11.0 Å². The molecule has 2 aromatic carbocycles. The van der Waals surface area contributed by atoms with Crippen molar-refractivity contribution in [2.24, 2.45) is 10.9 Å². The van der Waals surface area contributed by atoms with Gasteiger partial charge in [0.1, 0.15) is 12.4 Å². The number of hydrogen-bond donors (Lipinski definition) is 2. The first-order valence-electron chi connectivity index (χ1n) is 6.69. The minimum absolute atomic E-state index is 0.116. The Labute approximate surface area is 130 Å². The van der Waals surface area contributed by atoms with Gasteiger partial charge in [0.2, 0.25) is 0 Å². The summed E-state index contributed by atoms with van der Waals surface area (Å²) >= 11 is 0. The van der Waals surface area contributed by atoms with E-state index in [1.165, 1.54) is 29.4 Å². The third kappa shape index (κ3) is 3.07. The number of phenols is 1. The maximum Gasteiger partial charge on any atom is 0.416 e. The van der Waals surface area contributed by atoms with Crippen molar-refractivity contribution in [3.05, 3.63) is 59.7 Å². The molecule has 3 N–H and O–H groups in total. The van der Waals surface area contributed by atoms with Gasteiger partial charge in [-0.1, -0.05) is 12.1 Å². The first kappa shape index (κ1) is 15.2. The van der Waals surface area contributed by atoms with Crippen molar-refractivity contribution in [1.82, 2.24) is 5.12 Å². The highest BCUT2D eigenvalue weighted by atomic mass is 19.4. The Kier molecular flexibility index (Phi) is 3.61. The zero-order valence-corrected chi connectivity index (χ0v) is 11.8. The zero-order valence-electron chi connectivity index (χ0n) is 11.8. The topological polar surface area (TPSA) is 65.1 Å². The largest absolute Gasteiger partial charge is 0.508 e. The first-order chi connectivity index (χ1) is 10.8. The Bertz CT molecular complexity index is 726. The number of aromatic hydroxyl groups is 1. The molecule has 0 aliphatic carbocycles. The van der Waals surface area contributed by atoms with Crippen LogP contribution in [-0.4, -0.2) is 22.7 Å². The fourth-order valence-corrected chi connectivity index (χ4v) is 2.28. The zero-order chi connectivity index (χ0) is 16.6. The summed E-state index contributed by atoms with van der Waals surface area (Å²) in [4.78, 5) is 1.74. The lowest BCUT2D eigenvalue weighted by Gasteiger charge is -2.20. The lowest BCUT2D eigenvalue weighted by Crippen LogP contribution is -2.33. The monoisotopic (exact) mass is 322 g/mol. The second kappa shape index (κ2) is 5.47. The molecule has 5 nitrogen and oxygen atoms in total. The second-order valence-corrected chi connectivity index (χ2v) is 5.02. The van der Waals surface area contributed by atoms with Gasteiger partial charge in [0.25, 0.3) is 0 Å². The number of alkyl halides is 3. The van der Waals surface area contributed by atoms with Gasteiger partial charge < -0.3 is 10.0 Å². The predicted octanol–water partition coefficient (Wildman–Crippen LogP) is 2.73. The summed E-state index contributed by atoms with van der Waals surface area (Å²) in [7, 11) is 0. The first-order valence-corrected chi connectivity index (χ1v) is 6.69. The molecular weight excluding hydrogens is 309 g/mol. The summed E-state index contributed by atoms with van der Waals surface area (Å²) in [5.41, 5.74) is 0.508. The van der Waals surface area contributed by atoms with Gasteiger partial charge in [-0.3, -0.25) is 0 Å². The van der Waals surface area contributed by atoms with Crippen LogP contribution in [-0.2, 0) is 6.18 Å². The number of hydrogen-bond acceptors (Lipinski definition) is 5. The van der Waals surface area contributed by atoms with Crippen LogP contribution in [0.1, 0.15) is 11.1 Å². The quantitative estimate of drug-likeness (QED) is 0.835. The number of halogens is 3. The summed E-state index contributed by atoms with van der Waals surface area (Å²) in [6.07, 6.45) is -4.38. The van der Waals surface area contributed by atoms with Crippen LogP contribution in [0, 0.1) is 0 Å². The molecule has 23 heavy (non-hydrogen) atoms. The molecule has 2 aromatic rings. The molecular formula is C15H13F3N4O. The van der Waals surface area contributed by atoms with Crippen LogP contribution in [0.5, 0.6) is 5.75 Å². The maximum absolute atomic E-state index is 12.6. The SMILES string of the molecule is NN1CN(c2ccc(O)cc2)C(c2ccc(C(F)(F)F)cc2)=N1. The van der Waals surface area contributed by atoms with Gasteiger partial charge in [0.05, 0.1) is 5.56 Å². The Balaban J connectivity index is 1.93. The highest BCUT2D eigenvalue weighted by molar-refractivity contribution is 6.10. The van der Waals surface area contributed by atoms with Crippen molar-refractivity contribution in [1.29, 1.82) is 0 Å². The number of nitrogens with zero attached hydrogens (tertiary/aromatic N) is 3. The van der Waals surface area contributed by atoms with E-state index < -0.39 is 11.7 Å². The molecule has 0 saturated heterocycles. The van der Waals surface area contributed by atoms with E-state index in [4.69, 9.17) is 5.84 Å². The summed E-state index contributed by atoms with van der Waals surface area (Å²) in [5.74, 6) is 6.25. The number of nitrogens with two attached hydrogens (primary N) is 1. The minimum atomic E-state index is -4.38. The van der Waals surface area contributed by atoms with Crippen LogP contribution in [0.3, 0.4) is 0 Å². The Hall–Kier alpha value is -2.74. The molecule has 0 amide bonds. The number of benzene rings is 2. The molecule has 1 aliphatic rings. The van der Waals surface area contributed by atoms with Gasteiger partial charge in [0, 0.05) is 11.3 Å². The van der Waals surface area contributed by atoms with Crippen LogP contribution in [0.25, 0.3) is 0 Å². The molecule has 1 aliphatic heterocycles. The maximum atomic E-state index is 12.6. The smallest absolute Gasteiger partial charge is 0.416 e. The lowest BCUT2D eigenvalue weighted by atomic mass is 10.1. The highest BCUT2D eigenvalue weighted by Crippen LogP contribution is 2.30. The Morgan fingerprint density at radius 1 is 1.00 bits per heavy atom. The van der Waals surface area contributed by atoms with Crippen LogP contribution in [0.15, 0.2) is 53.6 Å². The van der Waals surface area contributed by atoms with E-state index >= 15 is 0 Å². The third-order valence-electron chi connectivity index (χ3n) is 3.40. The number of hydrazone groups is 1. The number of anilines is 1. The molecule has 0 spiro atoms.